The number of hydrogen-bond donors (Lipinski definition) is 2. The van der Waals surface area contributed by atoms with Crippen molar-refractivity contribution in [1.82, 2.24) is 5.32 Å². The molecule has 0 aromatic heterocycles. The smallest absolute Gasteiger partial charge is 0.272 e. The molecule has 0 radical (unpaired) electrons. The minimum absolute atomic E-state index is 0.298. The molecule has 0 amide bonds. The van der Waals surface area contributed by atoms with Crippen LogP contribution < -0.4 is 10.1 Å². The number of halogens is 2. The van der Waals surface area contributed by atoms with Crippen LogP contribution in [0.25, 0.3) is 0 Å². The number of benzene rings is 1. The fourth-order valence-corrected chi connectivity index (χ4v) is 2.67. The SMILES string of the molecule is OCC1CCC(NCc2ccc(OCC(F)F)cc2)CC1. The summed E-state index contributed by atoms with van der Waals surface area (Å²) in [6, 6.07) is 7.74. The summed E-state index contributed by atoms with van der Waals surface area (Å²) in [6.45, 7) is 0.502. The highest BCUT2D eigenvalue weighted by molar-refractivity contribution is 5.27. The summed E-state index contributed by atoms with van der Waals surface area (Å²) < 4.78 is 29.0. The zero-order chi connectivity index (χ0) is 15.1. The van der Waals surface area contributed by atoms with Gasteiger partial charge in [-0.1, -0.05) is 12.1 Å². The van der Waals surface area contributed by atoms with Gasteiger partial charge >= 0.3 is 0 Å². The molecule has 21 heavy (non-hydrogen) atoms. The summed E-state index contributed by atoms with van der Waals surface area (Å²) in [7, 11) is 0. The highest BCUT2D eigenvalue weighted by Crippen LogP contribution is 2.24. The molecule has 2 rings (SSSR count). The zero-order valence-electron chi connectivity index (χ0n) is 12.1. The largest absolute Gasteiger partial charge is 0.488 e. The lowest BCUT2D eigenvalue weighted by Gasteiger charge is -2.28. The van der Waals surface area contributed by atoms with Gasteiger partial charge in [0.05, 0.1) is 0 Å². The summed E-state index contributed by atoms with van der Waals surface area (Å²) >= 11 is 0. The fraction of sp³-hybridized carbons (Fsp3) is 0.625. The summed E-state index contributed by atoms with van der Waals surface area (Å²) in [5.74, 6) is 0.942. The molecule has 0 saturated heterocycles. The molecule has 1 fully saturated rings. The van der Waals surface area contributed by atoms with Gasteiger partial charge in [0, 0.05) is 19.2 Å². The molecule has 1 aromatic carbocycles. The molecule has 0 atom stereocenters. The standard InChI is InChI=1S/C16H23F2NO2/c17-16(18)11-21-15-7-3-12(4-8-15)9-19-14-5-1-13(10-20)2-6-14/h3-4,7-8,13-14,16,19-20H,1-2,5-6,9-11H2. The Hall–Kier alpha value is -1.20. The molecule has 3 nitrogen and oxygen atoms in total. The molecular formula is C16H23F2NO2. The van der Waals surface area contributed by atoms with E-state index in [1.54, 1.807) is 12.1 Å². The predicted molar refractivity (Wildman–Crippen MR) is 77.6 cm³/mol. The van der Waals surface area contributed by atoms with Gasteiger partial charge in [-0.15, -0.1) is 0 Å². The number of alkyl halides is 2. The highest BCUT2D eigenvalue weighted by Gasteiger charge is 2.19. The normalized spacial score (nSPS) is 22.5. The van der Waals surface area contributed by atoms with Crippen LogP contribution >= 0.6 is 0 Å². The molecule has 1 aliphatic rings. The Morgan fingerprint density at radius 3 is 2.38 bits per heavy atom. The van der Waals surface area contributed by atoms with Gasteiger partial charge in [-0.05, 0) is 49.3 Å². The van der Waals surface area contributed by atoms with E-state index in [-0.39, 0.29) is 0 Å². The lowest BCUT2D eigenvalue weighted by Crippen LogP contribution is -2.33. The number of aliphatic hydroxyl groups excluding tert-OH is 1. The van der Waals surface area contributed by atoms with Crippen LogP contribution in [0.3, 0.4) is 0 Å². The van der Waals surface area contributed by atoms with Crippen LogP contribution in [0.15, 0.2) is 24.3 Å². The van der Waals surface area contributed by atoms with Gasteiger partial charge in [0.25, 0.3) is 6.43 Å². The van der Waals surface area contributed by atoms with Crippen LogP contribution in [0.4, 0.5) is 8.78 Å². The first-order valence-electron chi connectivity index (χ1n) is 7.51. The fourth-order valence-electron chi connectivity index (χ4n) is 2.67. The van der Waals surface area contributed by atoms with E-state index in [4.69, 9.17) is 9.84 Å². The van der Waals surface area contributed by atoms with Crippen LogP contribution in [-0.4, -0.2) is 30.8 Å². The van der Waals surface area contributed by atoms with E-state index < -0.39 is 13.0 Å². The van der Waals surface area contributed by atoms with Gasteiger partial charge in [-0.2, -0.15) is 0 Å². The molecule has 1 saturated carbocycles. The Labute approximate surface area is 124 Å². The average Bonchev–Trinajstić information content (AvgIpc) is 2.52. The third-order valence-corrected chi connectivity index (χ3v) is 4.00. The van der Waals surface area contributed by atoms with Gasteiger partial charge in [0.2, 0.25) is 0 Å². The van der Waals surface area contributed by atoms with E-state index in [2.05, 4.69) is 5.32 Å². The van der Waals surface area contributed by atoms with Crippen molar-refractivity contribution in [1.29, 1.82) is 0 Å². The number of nitrogens with one attached hydrogen (secondary N) is 1. The number of hydrogen-bond acceptors (Lipinski definition) is 3. The molecule has 5 heteroatoms. The number of rotatable bonds is 7. The molecular weight excluding hydrogens is 276 g/mol. The van der Waals surface area contributed by atoms with E-state index in [9.17, 15) is 8.78 Å². The van der Waals surface area contributed by atoms with E-state index in [0.717, 1.165) is 37.8 Å². The summed E-state index contributed by atoms with van der Waals surface area (Å²) in [5.41, 5.74) is 1.11. The van der Waals surface area contributed by atoms with Crippen molar-refractivity contribution in [3.05, 3.63) is 29.8 Å². The first kappa shape index (κ1) is 16.2. The maximum atomic E-state index is 12.0. The van der Waals surface area contributed by atoms with Gasteiger partial charge in [0.15, 0.2) is 0 Å². The molecule has 2 N–H and O–H groups in total. The van der Waals surface area contributed by atoms with Crippen molar-refractivity contribution in [2.75, 3.05) is 13.2 Å². The third kappa shape index (κ3) is 5.59. The Morgan fingerprint density at radius 2 is 1.81 bits per heavy atom. The van der Waals surface area contributed by atoms with E-state index in [1.807, 2.05) is 12.1 Å². The first-order chi connectivity index (χ1) is 10.2. The maximum Gasteiger partial charge on any atom is 0.272 e. The third-order valence-electron chi connectivity index (χ3n) is 4.00. The Kier molecular flexibility index (Phi) is 6.39. The van der Waals surface area contributed by atoms with Crippen LogP contribution in [-0.2, 0) is 6.54 Å². The van der Waals surface area contributed by atoms with Crippen molar-refractivity contribution < 1.29 is 18.6 Å². The minimum Gasteiger partial charge on any atom is -0.488 e. The minimum atomic E-state index is -2.44. The molecule has 0 bridgehead atoms. The molecule has 1 aromatic rings. The van der Waals surface area contributed by atoms with Gasteiger partial charge in [0.1, 0.15) is 12.4 Å². The van der Waals surface area contributed by atoms with Crippen LogP contribution in [0.5, 0.6) is 5.75 Å². The number of ether oxygens (including phenoxy) is 1. The van der Waals surface area contributed by atoms with Gasteiger partial charge in [-0.3, -0.25) is 0 Å². The van der Waals surface area contributed by atoms with Crippen molar-refractivity contribution in [2.24, 2.45) is 5.92 Å². The predicted octanol–water partition coefficient (Wildman–Crippen LogP) is 2.97. The summed E-state index contributed by atoms with van der Waals surface area (Å²) in [6.07, 6.45) is 1.91. The highest BCUT2D eigenvalue weighted by atomic mass is 19.3. The second-order valence-corrected chi connectivity index (χ2v) is 5.63. The van der Waals surface area contributed by atoms with Crippen molar-refractivity contribution in [3.8, 4) is 5.75 Å². The summed E-state index contributed by atoms with van der Waals surface area (Å²) in [4.78, 5) is 0. The molecule has 0 unspecified atom stereocenters. The van der Waals surface area contributed by atoms with Crippen LogP contribution in [0.1, 0.15) is 31.2 Å². The van der Waals surface area contributed by atoms with E-state index in [1.165, 1.54) is 0 Å². The molecule has 0 spiro atoms. The Bertz CT molecular complexity index is 403. The van der Waals surface area contributed by atoms with Crippen molar-refractivity contribution in [3.63, 3.8) is 0 Å². The van der Waals surface area contributed by atoms with E-state index in [0.29, 0.717) is 24.3 Å². The molecule has 118 valence electrons. The first-order valence-corrected chi connectivity index (χ1v) is 7.51. The van der Waals surface area contributed by atoms with Crippen molar-refractivity contribution in [2.45, 2.75) is 44.7 Å². The quantitative estimate of drug-likeness (QED) is 0.813. The van der Waals surface area contributed by atoms with Gasteiger partial charge in [-0.25, -0.2) is 8.78 Å². The molecule has 0 heterocycles. The topological polar surface area (TPSA) is 41.5 Å². The maximum absolute atomic E-state index is 12.0. The van der Waals surface area contributed by atoms with E-state index >= 15 is 0 Å². The molecule has 0 aliphatic heterocycles. The molecule has 1 aliphatic carbocycles. The Balaban J connectivity index is 1.71. The Morgan fingerprint density at radius 1 is 1.14 bits per heavy atom. The lowest BCUT2D eigenvalue weighted by atomic mass is 9.86. The second kappa shape index (κ2) is 8.29. The zero-order valence-corrected chi connectivity index (χ0v) is 12.1. The second-order valence-electron chi connectivity index (χ2n) is 5.63. The number of aliphatic hydroxyl groups is 1. The van der Waals surface area contributed by atoms with Crippen molar-refractivity contribution >= 4 is 0 Å². The summed E-state index contributed by atoms with van der Waals surface area (Å²) in [5, 5.41) is 12.6. The van der Waals surface area contributed by atoms with Crippen LogP contribution in [0.2, 0.25) is 0 Å². The average molecular weight is 299 g/mol. The lowest BCUT2D eigenvalue weighted by molar-refractivity contribution is 0.0819. The van der Waals surface area contributed by atoms with Gasteiger partial charge < -0.3 is 15.2 Å². The van der Waals surface area contributed by atoms with Crippen LogP contribution in [0, 0.1) is 5.92 Å². The monoisotopic (exact) mass is 299 g/mol.